The summed E-state index contributed by atoms with van der Waals surface area (Å²) >= 11 is 0. The van der Waals surface area contributed by atoms with E-state index >= 15 is 0 Å². The van der Waals surface area contributed by atoms with Crippen molar-refractivity contribution in [1.29, 1.82) is 0 Å². The predicted octanol–water partition coefficient (Wildman–Crippen LogP) is 3.55. The first-order valence-corrected chi connectivity index (χ1v) is 8.24. The summed E-state index contributed by atoms with van der Waals surface area (Å²) in [5, 5.41) is 3.21. The Morgan fingerprint density at radius 2 is 1.90 bits per heavy atom. The van der Waals surface area contributed by atoms with Gasteiger partial charge in [-0.25, -0.2) is 8.42 Å². The molecule has 1 N–H and O–H groups in total. The number of benzene rings is 1. The zero-order chi connectivity index (χ0) is 14.8. The first-order chi connectivity index (χ1) is 9.44. The van der Waals surface area contributed by atoms with Crippen LogP contribution in [0.25, 0.3) is 0 Å². The normalized spacial score (nSPS) is 13.2. The van der Waals surface area contributed by atoms with Crippen LogP contribution in [0.1, 0.15) is 31.4 Å². The molecular formula is C15H19NO3S. The smallest absolute Gasteiger partial charge is 0.180 e. The van der Waals surface area contributed by atoms with Gasteiger partial charge >= 0.3 is 0 Å². The second-order valence-electron chi connectivity index (χ2n) is 4.71. The molecule has 0 bridgehead atoms. The highest BCUT2D eigenvalue weighted by molar-refractivity contribution is 7.91. The monoisotopic (exact) mass is 293 g/mol. The van der Waals surface area contributed by atoms with Gasteiger partial charge in [0, 0.05) is 0 Å². The number of hydrogen-bond acceptors (Lipinski definition) is 4. The van der Waals surface area contributed by atoms with Crippen molar-refractivity contribution in [3.63, 3.8) is 0 Å². The van der Waals surface area contributed by atoms with Gasteiger partial charge in [0.2, 0.25) is 0 Å². The minimum Gasteiger partial charge on any atom is -0.464 e. The van der Waals surface area contributed by atoms with Gasteiger partial charge in [-0.2, -0.15) is 0 Å². The lowest BCUT2D eigenvalue weighted by Gasteiger charge is -2.16. The number of nitrogens with one attached hydrogen (secondary N) is 1. The molecule has 2 aromatic rings. The molecule has 0 spiro atoms. The number of anilines is 1. The Morgan fingerprint density at radius 1 is 1.20 bits per heavy atom. The van der Waals surface area contributed by atoms with E-state index in [1.165, 1.54) is 0 Å². The molecule has 2 rings (SSSR count). The molecule has 108 valence electrons. The van der Waals surface area contributed by atoms with Crippen molar-refractivity contribution >= 4 is 15.5 Å². The van der Waals surface area contributed by atoms with Crippen molar-refractivity contribution in [3.05, 3.63) is 47.9 Å². The first-order valence-electron chi connectivity index (χ1n) is 6.58. The molecule has 0 radical (unpaired) electrons. The average molecular weight is 293 g/mol. The van der Waals surface area contributed by atoms with Gasteiger partial charge < -0.3 is 9.73 Å². The number of para-hydroxylation sites is 1. The van der Waals surface area contributed by atoms with E-state index in [0.717, 1.165) is 11.5 Å². The van der Waals surface area contributed by atoms with Gasteiger partial charge in [0.05, 0.1) is 22.4 Å². The molecule has 0 saturated carbocycles. The highest BCUT2D eigenvalue weighted by Crippen LogP contribution is 2.27. The molecule has 5 heteroatoms. The highest BCUT2D eigenvalue weighted by Gasteiger charge is 2.18. The fraction of sp³-hybridized carbons (Fsp3) is 0.333. The van der Waals surface area contributed by atoms with Crippen molar-refractivity contribution in [2.24, 2.45) is 0 Å². The van der Waals surface area contributed by atoms with Crippen LogP contribution in [-0.4, -0.2) is 14.2 Å². The largest absolute Gasteiger partial charge is 0.464 e. The molecular weight excluding hydrogens is 274 g/mol. The minimum atomic E-state index is -3.24. The van der Waals surface area contributed by atoms with Gasteiger partial charge in [-0.3, -0.25) is 0 Å². The Labute approximate surface area is 119 Å². The van der Waals surface area contributed by atoms with Crippen LogP contribution in [0.2, 0.25) is 0 Å². The molecule has 4 nitrogen and oxygen atoms in total. The van der Waals surface area contributed by atoms with Crippen LogP contribution in [0, 0.1) is 6.92 Å². The van der Waals surface area contributed by atoms with Crippen molar-refractivity contribution in [2.75, 3.05) is 11.1 Å². The van der Waals surface area contributed by atoms with Crippen LogP contribution in [0.4, 0.5) is 5.69 Å². The Kier molecular flexibility index (Phi) is 4.18. The molecule has 0 amide bonds. The summed E-state index contributed by atoms with van der Waals surface area (Å²) in [4.78, 5) is 0.331. The van der Waals surface area contributed by atoms with Gasteiger partial charge in [-0.05, 0) is 38.1 Å². The lowest BCUT2D eigenvalue weighted by molar-refractivity contribution is 0.466. The second-order valence-corrected chi connectivity index (χ2v) is 6.96. The molecule has 1 aromatic heterocycles. The topological polar surface area (TPSA) is 59.3 Å². The maximum atomic E-state index is 12.1. The summed E-state index contributed by atoms with van der Waals surface area (Å²) in [5.41, 5.74) is 0.607. The van der Waals surface area contributed by atoms with Gasteiger partial charge in [0.1, 0.15) is 11.5 Å². The SMILES string of the molecule is CCS(=O)(=O)c1ccccc1NC(C)c1ccc(C)o1. The highest BCUT2D eigenvalue weighted by atomic mass is 32.2. The van der Waals surface area contributed by atoms with E-state index in [2.05, 4.69) is 5.32 Å². The van der Waals surface area contributed by atoms with E-state index in [1.807, 2.05) is 32.0 Å². The molecule has 1 unspecified atom stereocenters. The van der Waals surface area contributed by atoms with E-state index in [0.29, 0.717) is 10.6 Å². The molecule has 0 aliphatic heterocycles. The van der Waals surface area contributed by atoms with Crippen molar-refractivity contribution < 1.29 is 12.8 Å². The lowest BCUT2D eigenvalue weighted by Crippen LogP contribution is -2.11. The summed E-state index contributed by atoms with van der Waals surface area (Å²) in [6.07, 6.45) is 0. The summed E-state index contributed by atoms with van der Waals surface area (Å²) in [6.45, 7) is 5.46. The zero-order valence-corrected chi connectivity index (χ0v) is 12.7. The van der Waals surface area contributed by atoms with E-state index < -0.39 is 9.84 Å². The predicted molar refractivity (Wildman–Crippen MR) is 79.7 cm³/mol. The number of furan rings is 1. The summed E-state index contributed by atoms with van der Waals surface area (Å²) in [5.74, 6) is 1.70. The first kappa shape index (κ1) is 14.7. The molecule has 0 fully saturated rings. The molecule has 1 heterocycles. The van der Waals surface area contributed by atoms with E-state index in [9.17, 15) is 8.42 Å². The van der Waals surface area contributed by atoms with Crippen LogP contribution in [0.15, 0.2) is 45.7 Å². The average Bonchev–Trinajstić information content (AvgIpc) is 2.86. The maximum Gasteiger partial charge on any atom is 0.180 e. The number of sulfone groups is 1. The van der Waals surface area contributed by atoms with Crippen LogP contribution in [0.5, 0.6) is 0 Å². The Morgan fingerprint density at radius 3 is 2.50 bits per heavy atom. The Balaban J connectivity index is 2.30. The van der Waals surface area contributed by atoms with Crippen molar-refractivity contribution in [1.82, 2.24) is 0 Å². The van der Waals surface area contributed by atoms with Crippen LogP contribution in [-0.2, 0) is 9.84 Å². The third-order valence-electron chi connectivity index (χ3n) is 3.16. The fourth-order valence-electron chi connectivity index (χ4n) is 2.00. The van der Waals surface area contributed by atoms with Crippen LogP contribution >= 0.6 is 0 Å². The molecule has 1 aromatic carbocycles. The molecule has 0 aliphatic carbocycles. The van der Waals surface area contributed by atoms with Gasteiger partial charge in [0.25, 0.3) is 0 Å². The number of rotatable bonds is 5. The second kappa shape index (κ2) is 5.71. The Bertz CT molecular complexity index is 689. The van der Waals surface area contributed by atoms with E-state index in [1.54, 1.807) is 25.1 Å². The quantitative estimate of drug-likeness (QED) is 0.915. The number of aryl methyl sites for hydroxylation is 1. The minimum absolute atomic E-state index is 0.0833. The zero-order valence-electron chi connectivity index (χ0n) is 11.9. The fourth-order valence-corrected chi connectivity index (χ4v) is 3.06. The van der Waals surface area contributed by atoms with Crippen LogP contribution < -0.4 is 5.32 Å². The van der Waals surface area contributed by atoms with Crippen molar-refractivity contribution in [3.8, 4) is 0 Å². The van der Waals surface area contributed by atoms with E-state index in [-0.39, 0.29) is 11.8 Å². The summed E-state index contributed by atoms with van der Waals surface area (Å²) < 4.78 is 29.7. The van der Waals surface area contributed by atoms with Gasteiger partial charge in [-0.1, -0.05) is 19.1 Å². The third-order valence-corrected chi connectivity index (χ3v) is 4.95. The lowest BCUT2D eigenvalue weighted by atomic mass is 10.2. The third kappa shape index (κ3) is 3.04. The summed E-state index contributed by atoms with van der Waals surface area (Å²) in [6, 6.07) is 10.6. The standard InChI is InChI=1S/C15H19NO3S/c1-4-20(17,18)15-8-6-5-7-13(15)16-12(3)14-10-9-11(2)19-14/h5-10,12,16H,4H2,1-3H3. The molecule has 0 saturated heterocycles. The van der Waals surface area contributed by atoms with Crippen molar-refractivity contribution in [2.45, 2.75) is 31.7 Å². The summed E-state index contributed by atoms with van der Waals surface area (Å²) in [7, 11) is -3.24. The van der Waals surface area contributed by atoms with Crippen LogP contribution in [0.3, 0.4) is 0 Å². The maximum absolute atomic E-state index is 12.1. The Hall–Kier alpha value is -1.75. The molecule has 20 heavy (non-hydrogen) atoms. The number of hydrogen-bond donors (Lipinski definition) is 1. The molecule has 1 atom stereocenters. The van der Waals surface area contributed by atoms with Gasteiger partial charge in [-0.15, -0.1) is 0 Å². The van der Waals surface area contributed by atoms with Gasteiger partial charge in [0.15, 0.2) is 9.84 Å². The van der Waals surface area contributed by atoms with E-state index in [4.69, 9.17) is 4.42 Å². The molecule has 0 aliphatic rings.